The largest absolute Gasteiger partial charge is 0.501 e. The monoisotopic (exact) mass is 214 g/mol. The van der Waals surface area contributed by atoms with Gasteiger partial charge in [0.05, 0.1) is 18.5 Å². The van der Waals surface area contributed by atoms with Crippen LogP contribution in [0.4, 0.5) is 0 Å². The first-order valence-corrected chi connectivity index (χ1v) is 5.99. The van der Waals surface area contributed by atoms with Crippen LogP contribution < -0.4 is 0 Å². The van der Waals surface area contributed by atoms with E-state index in [1.165, 1.54) is 12.8 Å². The molecule has 0 bridgehead atoms. The van der Waals surface area contributed by atoms with Crippen LogP contribution in [-0.2, 0) is 9.47 Å². The summed E-state index contributed by atoms with van der Waals surface area (Å²) in [7, 11) is 0. The van der Waals surface area contributed by atoms with Gasteiger partial charge in [0.1, 0.15) is 0 Å². The van der Waals surface area contributed by atoms with Crippen LogP contribution in [0.15, 0.2) is 12.3 Å². The smallest absolute Gasteiger partial charge is 0.0900 e. The lowest BCUT2D eigenvalue weighted by atomic mass is 10.1. The molecule has 0 spiro atoms. The molecule has 0 aromatic heterocycles. The van der Waals surface area contributed by atoms with Crippen molar-refractivity contribution in [3.8, 4) is 0 Å². The molecule has 0 aliphatic carbocycles. The number of hydrogen-bond donors (Lipinski definition) is 0. The van der Waals surface area contributed by atoms with Crippen LogP contribution in [-0.4, -0.2) is 18.8 Å². The van der Waals surface area contributed by atoms with Crippen LogP contribution >= 0.6 is 0 Å². The van der Waals surface area contributed by atoms with E-state index in [0.29, 0.717) is 0 Å². The third kappa shape index (κ3) is 9.80. The summed E-state index contributed by atoms with van der Waals surface area (Å²) >= 11 is 0. The Hall–Kier alpha value is -0.500. The van der Waals surface area contributed by atoms with E-state index in [1.807, 2.05) is 13.0 Å². The molecule has 0 N–H and O–H groups in total. The fourth-order valence-corrected chi connectivity index (χ4v) is 1.24. The highest BCUT2D eigenvalue weighted by Crippen LogP contribution is 2.15. The summed E-state index contributed by atoms with van der Waals surface area (Å²) in [5.41, 5.74) is -0.0602. The SMILES string of the molecule is CC=COCCC(C)(C)OCCCCC. The first-order chi connectivity index (χ1) is 7.12. The summed E-state index contributed by atoms with van der Waals surface area (Å²) in [6.07, 6.45) is 8.22. The number of rotatable bonds is 9. The molecule has 2 nitrogen and oxygen atoms in total. The van der Waals surface area contributed by atoms with Gasteiger partial charge < -0.3 is 9.47 Å². The van der Waals surface area contributed by atoms with Crippen LogP contribution in [0.25, 0.3) is 0 Å². The molecule has 0 aromatic rings. The molecule has 0 heterocycles. The van der Waals surface area contributed by atoms with Crippen LogP contribution in [0.2, 0.25) is 0 Å². The average molecular weight is 214 g/mol. The van der Waals surface area contributed by atoms with E-state index in [9.17, 15) is 0 Å². The third-order valence-electron chi connectivity index (χ3n) is 2.29. The van der Waals surface area contributed by atoms with Crippen LogP contribution in [0.5, 0.6) is 0 Å². The fourth-order valence-electron chi connectivity index (χ4n) is 1.24. The number of ether oxygens (including phenoxy) is 2. The molecule has 90 valence electrons. The normalized spacial score (nSPS) is 12.3. The molecule has 0 atom stereocenters. The van der Waals surface area contributed by atoms with Gasteiger partial charge in [-0.25, -0.2) is 0 Å². The minimum atomic E-state index is -0.0602. The van der Waals surface area contributed by atoms with E-state index in [4.69, 9.17) is 9.47 Å². The standard InChI is InChI=1S/C13H26O2/c1-5-7-8-11-15-13(3,4)9-12-14-10-6-2/h6,10H,5,7-9,11-12H2,1-4H3. The van der Waals surface area contributed by atoms with Crippen molar-refractivity contribution < 1.29 is 9.47 Å². The lowest BCUT2D eigenvalue weighted by molar-refractivity contribution is -0.0351. The Morgan fingerprint density at radius 3 is 2.47 bits per heavy atom. The Bertz CT molecular complexity index is 162. The Balaban J connectivity index is 3.48. The molecule has 0 rings (SSSR count). The second-order valence-corrected chi connectivity index (χ2v) is 4.41. The predicted octanol–water partition coefficient (Wildman–Crippen LogP) is 3.91. The van der Waals surface area contributed by atoms with Gasteiger partial charge in [0.2, 0.25) is 0 Å². The first kappa shape index (κ1) is 14.5. The zero-order valence-electron chi connectivity index (χ0n) is 10.7. The highest BCUT2D eigenvalue weighted by atomic mass is 16.5. The van der Waals surface area contributed by atoms with Gasteiger partial charge in [-0.05, 0) is 27.2 Å². The van der Waals surface area contributed by atoms with E-state index in [0.717, 1.165) is 26.1 Å². The average Bonchev–Trinajstić information content (AvgIpc) is 2.20. The van der Waals surface area contributed by atoms with Gasteiger partial charge in [-0.1, -0.05) is 25.8 Å². The van der Waals surface area contributed by atoms with E-state index in [2.05, 4.69) is 20.8 Å². The van der Waals surface area contributed by atoms with Crippen molar-refractivity contribution in [2.24, 2.45) is 0 Å². The van der Waals surface area contributed by atoms with Gasteiger partial charge in [-0.2, -0.15) is 0 Å². The topological polar surface area (TPSA) is 18.5 Å². The zero-order chi connectivity index (χ0) is 11.6. The maximum atomic E-state index is 5.81. The van der Waals surface area contributed by atoms with Gasteiger partial charge in [0.15, 0.2) is 0 Å². The molecule has 0 saturated heterocycles. The first-order valence-electron chi connectivity index (χ1n) is 5.99. The van der Waals surface area contributed by atoms with Gasteiger partial charge in [-0.3, -0.25) is 0 Å². The molecule has 2 heteroatoms. The second kappa shape index (κ2) is 8.78. The molecule has 0 aliphatic rings. The molecule has 0 aliphatic heterocycles. The maximum absolute atomic E-state index is 5.81. The van der Waals surface area contributed by atoms with Crippen LogP contribution in [0, 0.1) is 0 Å². The van der Waals surface area contributed by atoms with Crippen molar-refractivity contribution >= 4 is 0 Å². The second-order valence-electron chi connectivity index (χ2n) is 4.41. The fraction of sp³-hybridized carbons (Fsp3) is 0.846. The highest BCUT2D eigenvalue weighted by molar-refractivity contribution is 4.70. The number of hydrogen-bond acceptors (Lipinski definition) is 2. The molecule has 0 amide bonds. The van der Waals surface area contributed by atoms with Crippen molar-refractivity contribution in [3.63, 3.8) is 0 Å². The summed E-state index contributed by atoms with van der Waals surface area (Å²) in [5, 5.41) is 0. The van der Waals surface area contributed by atoms with Gasteiger partial charge in [0.25, 0.3) is 0 Å². The lowest BCUT2D eigenvalue weighted by Gasteiger charge is -2.25. The summed E-state index contributed by atoms with van der Waals surface area (Å²) in [6.45, 7) is 9.99. The predicted molar refractivity (Wildman–Crippen MR) is 64.9 cm³/mol. The van der Waals surface area contributed by atoms with Crippen molar-refractivity contribution in [3.05, 3.63) is 12.3 Å². The molecule has 0 aromatic carbocycles. The van der Waals surface area contributed by atoms with Crippen LogP contribution in [0.3, 0.4) is 0 Å². The van der Waals surface area contributed by atoms with Crippen molar-refractivity contribution in [2.75, 3.05) is 13.2 Å². The summed E-state index contributed by atoms with van der Waals surface area (Å²) in [6, 6.07) is 0. The Morgan fingerprint density at radius 2 is 1.87 bits per heavy atom. The minimum Gasteiger partial charge on any atom is -0.501 e. The summed E-state index contributed by atoms with van der Waals surface area (Å²) in [5.74, 6) is 0. The molecule has 0 saturated carbocycles. The molecule has 0 unspecified atom stereocenters. The molecular weight excluding hydrogens is 188 g/mol. The summed E-state index contributed by atoms with van der Waals surface area (Å²) < 4.78 is 11.1. The van der Waals surface area contributed by atoms with Crippen molar-refractivity contribution in [1.29, 1.82) is 0 Å². The van der Waals surface area contributed by atoms with E-state index in [1.54, 1.807) is 6.26 Å². The molecular formula is C13H26O2. The minimum absolute atomic E-state index is 0.0602. The molecule has 0 fully saturated rings. The van der Waals surface area contributed by atoms with Gasteiger partial charge in [-0.15, -0.1) is 0 Å². The lowest BCUT2D eigenvalue weighted by Crippen LogP contribution is -2.26. The Labute approximate surface area is 94.7 Å². The highest BCUT2D eigenvalue weighted by Gasteiger charge is 2.17. The number of unbranched alkanes of at least 4 members (excludes halogenated alkanes) is 2. The van der Waals surface area contributed by atoms with Gasteiger partial charge in [0, 0.05) is 13.0 Å². The maximum Gasteiger partial charge on any atom is 0.0900 e. The quantitative estimate of drug-likeness (QED) is 0.428. The van der Waals surface area contributed by atoms with Crippen molar-refractivity contribution in [2.45, 2.75) is 59.0 Å². The van der Waals surface area contributed by atoms with Crippen molar-refractivity contribution in [1.82, 2.24) is 0 Å². The third-order valence-corrected chi connectivity index (χ3v) is 2.29. The van der Waals surface area contributed by atoms with Gasteiger partial charge >= 0.3 is 0 Å². The van der Waals surface area contributed by atoms with Crippen LogP contribution in [0.1, 0.15) is 53.4 Å². The number of allylic oxidation sites excluding steroid dienone is 1. The van der Waals surface area contributed by atoms with E-state index < -0.39 is 0 Å². The molecule has 0 radical (unpaired) electrons. The summed E-state index contributed by atoms with van der Waals surface area (Å²) in [4.78, 5) is 0. The zero-order valence-corrected chi connectivity index (χ0v) is 10.7. The Kier molecular flexibility index (Phi) is 8.49. The van der Waals surface area contributed by atoms with E-state index in [-0.39, 0.29) is 5.60 Å². The molecule has 15 heavy (non-hydrogen) atoms. The Morgan fingerprint density at radius 1 is 1.13 bits per heavy atom. The van der Waals surface area contributed by atoms with E-state index >= 15 is 0 Å².